The van der Waals surface area contributed by atoms with Gasteiger partial charge in [0, 0.05) is 25.0 Å². The third-order valence-corrected chi connectivity index (χ3v) is 5.95. The number of methoxy groups -OCH3 is 2. The van der Waals surface area contributed by atoms with Crippen molar-refractivity contribution >= 4 is 22.8 Å². The molecule has 0 unspecified atom stereocenters. The maximum atomic E-state index is 12.5. The van der Waals surface area contributed by atoms with Crippen molar-refractivity contribution in [2.24, 2.45) is 0 Å². The highest BCUT2D eigenvalue weighted by atomic mass is 16.5. The minimum Gasteiger partial charge on any atom is -0.497 e. The smallest absolute Gasteiger partial charge is 0.243 e. The molecule has 35 heavy (non-hydrogen) atoms. The largest absolute Gasteiger partial charge is 0.497 e. The number of benzene rings is 3. The van der Waals surface area contributed by atoms with Crippen molar-refractivity contribution in [3.63, 3.8) is 0 Å². The zero-order chi connectivity index (χ0) is 24.5. The van der Waals surface area contributed by atoms with Crippen molar-refractivity contribution in [3.05, 3.63) is 96.3 Å². The Bertz CT molecular complexity index is 1320. The quantitative estimate of drug-likeness (QED) is 0.228. The first-order valence-electron chi connectivity index (χ1n) is 11.8. The molecule has 4 aromatic rings. The molecule has 0 bridgehead atoms. The summed E-state index contributed by atoms with van der Waals surface area (Å²) in [4.78, 5) is 16.7. The topological polar surface area (TPSA) is 60.5 Å². The summed E-state index contributed by atoms with van der Waals surface area (Å²) in [5.41, 5.74) is 4.21. The first kappa shape index (κ1) is 24.0. The first-order valence-corrected chi connectivity index (χ1v) is 11.8. The van der Waals surface area contributed by atoms with Crippen molar-refractivity contribution in [2.45, 2.75) is 19.3 Å². The normalized spacial score (nSPS) is 11.0. The van der Waals surface area contributed by atoms with E-state index in [0.717, 1.165) is 58.2 Å². The lowest BCUT2D eigenvalue weighted by molar-refractivity contribution is -0.116. The molecule has 0 aliphatic carbocycles. The molecule has 0 fully saturated rings. The Kier molecular flexibility index (Phi) is 8.12. The number of nitrogens with zero attached hydrogens (tertiary/aromatic N) is 1. The Morgan fingerprint density at radius 1 is 0.943 bits per heavy atom. The third-order valence-electron chi connectivity index (χ3n) is 5.95. The van der Waals surface area contributed by atoms with E-state index in [1.165, 1.54) is 5.56 Å². The second-order valence-electron chi connectivity index (χ2n) is 8.29. The van der Waals surface area contributed by atoms with E-state index in [2.05, 4.69) is 28.5 Å². The summed E-state index contributed by atoms with van der Waals surface area (Å²) in [6, 6.07) is 22.1. The van der Waals surface area contributed by atoms with Crippen molar-refractivity contribution < 1.29 is 14.3 Å². The molecule has 0 aliphatic heterocycles. The van der Waals surface area contributed by atoms with Crippen molar-refractivity contribution in [2.75, 3.05) is 20.8 Å². The van der Waals surface area contributed by atoms with Crippen LogP contribution in [0.15, 0.2) is 85.2 Å². The highest BCUT2D eigenvalue weighted by Gasteiger charge is 2.11. The lowest BCUT2D eigenvalue weighted by atomic mass is 9.92. The molecule has 0 atom stereocenters. The standard InChI is InChI=1S/C30H30N2O3/c1-34-26-10-5-9-25(19-26)30-24(12-11-23-13-15-27(35-2)20-28(23)30)14-16-29(33)32-18-4-3-7-22-8-6-17-31-21-22/h5-6,8-17,19-21H,3-4,7,18H2,1-2H3,(H,32,33)/b16-14+. The van der Waals surface area contributed by atoms with Crippen LogP contribution in [-0.2, 0) is 11.2 Å². The number of aromatic nitrogens is 1. The van der Waals surface area contributed by atoms with E-state index < -0.39 is 0 Å². The summed E-state index contributed by atoms with van der Waals surface area (Å²) < 4.78 is 10.9. The average Bonchev–Trinajstić information content (AvgIpc) is 2.91. The number of rotatable bonds is 10. The second-order valence-corrected chi connectivity index (χ2v) is 8.29. The highest BCUT2D eigenvalue weighted by molar-refractivity contribution is 6.03. The zero-order valence-corrected chi connectivity index (χ0v) is 20.2. The zero-order valence-electron chi connectivity index (χ0n) is 20.2. The molecular formula is C30H30N2O3. The Morgan fingerprint density at radius 3 is 2.57 bits per heavy atom. The van der Waals surface area contributed by atoms with Crippen LogP contribution in [0.4, 0.5) is 0 Å². The van der Waals surface area contributed by atoms with Crippen LogP contribution >= 0.6 is 0 Å². The van der Waals surface area contributed by atoms with Crippen molar-refractivity contribution in [1.82, 2.24) is 10.3 Å². The fraction of sp³-hybridized carbons (Fsp3) is 0.200. The van der Waals surface area contributed by atoms with E-state index in [1.807, 2.05) is 60.8 Å². The summed E-state index contributed by atoms with van der Waals surface area (Å²) in [5, 5.41) is 5.14. The number of hydrogen-bond donors (Lipinski definition) is 1. The molecule has 1 N–H and O–H groups in total. The van der Waals surface area contributed by atoms with Crippen LogP contribution in [-0.4, -0.2) is 31.7 Å². The number of aryl methyl sites for hydroxylation is 1. The van der Waals surface area contributed by atoms with Gasteiger partial charge in [-0.1, -0.05) is 36.4 Å². The summed E-state index contributed by atoms with van der Waals surface area (Å²) in [6.45, 7) is 0.640. The van der Waals surface area contributed by atoms with E-state index >= 15 is 0 Å². The molecular weight excluding hydrogens is 436 g/mol. The van der Waals surface area contributed by atoms with Gasteiger partial charge in [0.15, 0.2) is 0 Å². The van der Waals surface area contributed by atoms with Crippen molar-refractivity contribution in [3.8, 4) is 22.6 Å². The van der Waals surface area contributed by atoms with Gasteiger partial charge in [-0.15, -0.1) is 0 Å². The third kappa shape index (κ3) is 6.27. The highest BCUT2D eigenvalue weighted by Crippen LogP contribution is 2.36. The Morgan fingerprint density at radius 2 is 1.77 bits per heavy atom. The van der Waals surface area contributed by atoms with E-state index in [1.54, 1.807) is 26.5 Å². The number of pyridine rings is 1. The molecule has 0 saturated carbocycles. The molecule has 0 saturated heterocycles. The number of nitrogens with one attached hydrogen (secondary N) is 1. The molecule has 3 aromatic carbocycles. The molecule has 1 aromatic heterocycles. The maximum absolute atomic E-state index is 12.5. The maximum Gasteiger partial charge on any atom is 0.243 e. The summed E-state index contributed by atoms with van der Waals surface area (Å²) in [6.07, 6.45) is 10.0. The van der Waals surface area contributed by atoms with Gasteiger partial charge in [-0.2, -0.15) is 0 Å². The number of amides is 1. The van der Waals surface area contributed by atoms with Crippen LogP contribution in [0, 0.1) is 0 Å². The molecule has 5 nitrogen and oxygen atoms in total. The van der Waals surface area contributed by atoms with E-state index in [9.17, 15) is 4.79 Å². The molecule has 4 rings (SSSR count). The number of unbranched alkanes of at least 4 members (excludes halogenated alkanes) is 1. The van der Waals surface area contributed by atoms with Crippen LogP contribution in [0.25, 0.3) is 28.0 Å². The number of ether oxygens (including phenoxy) is 2. The Labute approximate surface area is 206 Å². The van der Waals surface area contributed by atoms with E-state index in [-0.39, 0.29) is 5.91 Å². The molecule has 178 valence electrons. The summed E-state index contributed by atoms with van der Waals surface area (Å²) in [7, 11) is 3.32. The lowest BCUT2D eigenvalue weighted by Gasteiger charge is -2.13. The molecule has 5 heteroatoms. The average molecular weight is 467 g/mol. The fourth-order valence-electron chi connectivity index (χ4n) is 4.12. The minimum atomic E-state index is -0.103. The van der Waals surface area contributed by atoms with Gasteiger partial charge in [0.05, 0.1) is 14.2 Å². The Hall–Kier alpha value is -4.12. The SMILES string of the molecule is COc1cccc(-c2c(/C=C/C(=O)NCCCCc3cccnc3)ccc3ccc(OC)cc23)c1. The van der Waals surface area contributed by atoms with Gasteiger partial charge in [0.1, 0.15) is 11.5 Å². The second kappa shape index (κ2) is 11.8. The molecule has 1 amide bonds. The number of fused-ring (bicyclic) bond motifs is 1. The Balaban J connectivity index is 1.51. The molecule has 0 spiro atoms. The number of carbonyl (C=O) groups excluding carboxylic acids is 1. The van der Waals surface area contributed by atoms with Crippen LogP contribution in [0.5, 0.6) is 11.5 Å². The minimum absolute atomic E-state index is 0.103. The van der Waals surface area contributed by atoms with Crippen LogP contribution in [0.3, 0.4) is 0 Å². The van der Waals surface area contributed by atoms with Gasteiger partial charge < -0.3 is 14.8 Å². The summed E-state index contributed by atoms with van der Waals surface area (Å²) in [5.74, 6) is 1.46. The number of hydrogen-bond acceptors (Lipinski definition) is 4. The van der Waals surface area contributed by atoms with Gasteiger partial charge in [-0.3, -0.25) is 9.78 Å². The van der Waals surface area contributed by atoms with Crippen LogP contribution < -0.4 is 14.8 Å². The summed E-state index contributed by atoms with van der Waals surface area (Å²) >= 11 is 0. The molecule has 0 radical (unpaired) electrons. The molecule has 1 heterocycles. The fourth-order valence-corrected chi connectivity index (χ4v) is 4.12. The number of carbonyl (C=O) groups is 1. The van der Waals surface area contributed by atoms with E-state index in [4.69, 9.17) is 9.47 Å². The first-order chi connectivity index (χ1) is 17.2. The van der Waals surface area contributed by atoms with Gasteiger partial charge >= 0.3 is 0 Å². The van der Waals surface area contributed by atoms with Gasteiger partial charge in [-0.25, -0.2) is 0 Å². The lowest BCUT2D eigenvalue weighted by Crippen LogP contribution is -2.22. The predicted octanol–water partition coefficient (Wildman–Crippen LogP) is 6.07. The molecule has 0 aliphatic rings. The van der Waals surface area contributed by atoms with E-state index in [0.29, 0.717) is 6.54 Å². The monoisotopic (exact) mass is 466 g/mol. The van der Waals surface area contributed by atoms with Crippen LogP contribution in [0.1, 0.15) is 24.0 Å². The van der Waals surface area contributed by atoms with Gasteiger partial charge in [0.25, 0.3) is 0 Å². The van der Waals surface area contributed by atoms with Crippen molar-refractivity contribution in [1.29, 1.82) is 0 Å². The van der Waals surface area contributed by atoms with Gasteiger partial charge in [-0.05, 0) is 88.7 Å². The predicted molar refractivity (Wildman–Crippen MR) is 142 cm³/mol. The van der Waals surface area contributed by atoms with Gasteiger partial charge in [0.2, 0.25) is 5.91 Å². The van der Waals surface area contributed by atoms with Crippen LogP contribution in [0.2, 0.25) is 0 Å².